The zero-order valence-electron chi connectivity index (χ0n) is 10.2. The minimum atomic E-state index is -3.79. The molecule has 0 heterocycles. The van der Waals surface area contributed by atoms with Crippen molar-refractivity contribution >= 4 is 33.4 Å². The molecule has 1 aromatic carbocycles. The number of rotatable bonds is 6. The molecule has 1 aromatic rings. The number of sulfonamides is 1. The minimum absolute atomic E-state index is 0.150. The number of alkyl halides is 1. The molecule has 0 atom stereocenters. The van der Waals surface area contributed by atoms with Crippen molar-refractivity contribution in [1.29, 1.82) is 0 Å². The molecule has 0 N–H and O–H groups in total. The number of benzene rings is 1. The van der Waals surface area contributed by atoms with Gasteiger partial charge < -0.3 is 0 Å². The Morgan fingerprint density at radius 2 is 2.11 bits per heavy atom. The molecule has 0 radical (unpaired) electrons. The van der Waals surface area contributed by atoms with Crippen molar-refractivity contribution in [3.63, 3.8) is 0 Å². The molecule has 0 saturated carbocycles. The molecule has 3 nitrogen and oxygen atoms in total. The van der Waals surface area contributed by atoms with Gasteiger partial charge in [-0.1, -0.05) is 6.07 Å². The van der Waals surface area contributed by atoms with Gasteiger partial charge in [-0.2, -0.15) is 11.8 Å². The molecule has 0 aromatic heterocycles. The first-order valence-corrected chi connectivity index (χ1v) is 8.60. The van der Waals surface area contributed by atoms with Crippen LogP contribution in [0.15, 0.2) is 23.1 Å². The molecule has 7 heteroatoms. The molecular weight excluding hydrogens is 297 g/mol. The normalized spacial score (nSPS) is 12.1. The molecule has 0 aliphatic rings. The number of hydrogen-bond acceptors (Lipinski definition) is 3. The summed E-state index contributed by atoms with van der Waals surface area (Å²) in [5.41, 5.74) is 0.579. The van der Waals surface area contributed by atoms with Crippen LogP contribution in [-0.2, 0) is 15.9 Å². The number of hydrogen-bond donors (Lipinski definition) is 0. The third-order valence-corrected chi connectivity index (χ3v) is 5.22. The Hall–Kier alpha value is -0.300. The van der Waals surface area contributed by atoms with E-state index in [0.717, 1.165) is 10.4 Å². The van der Waals surface area contributed by atoms with Crippen LogP contribution in [0.5, 0.6) is 0 Å². The van der Waals surface area contributed by atoms with Crippen LogP contribution in [0, 0.1) is 5.82 Å². The maximum Gasteiger partial charge on any atom is 0.245 e. The molecule has 18 heavy (non-hydrogen) atoms. The third-order valence-electron chi connectivity index (χ3n) is 2.45. The van der Waals surface area contributed by atoms with Crippen LogP contribution in [0.4, 0.5) is 4.39 Å². The molecule has 0 fully saturated rings. The fraction of sp³-hybridized carbons (Fsp3) is 0.455. The lowest BCUT2D eigenvalue weighted by Crippen LogP contribution is -2.29. The zero-order chi connectivity index (χ0) is 13.8. The Labute approximate surface area is 116 Å². The molecule has 1 rings (SSSR count). The monoisotopic (exact) mass is 311 g/mol. The van der Waals surface area contributed by atoms with Gasteiger partial charge in [-0.25, -0.2) is 17.1 Å². The highest BCUT2D eigenvalue weighted by atomic mass is 35.5. The lowest BCUT2D eigenvalue weighted by atomic mass is 10.2. The summed E-state index contributed by atoms with van der Waals surface area (Å²) >= 11 is 7.16. The van der Waals surface area contributed by atoms with E-state index in [1.54, 1.807) is 0 Å². The van der Waals surface area contributed by atoms with Crippen molar-refractivity contribution < 1.29 is 12.8 Å². The first-order valence-electron chi connectivity index (χ1n) is 5.23. The number of thioether (sulfide) groups is 1. The maximum absolute atomic E-state index is 13.6. The van der Waals surface area contributed by atoms with Gasteiger partial charge in [0.05, 0.1) is 0 Å². The number of halogens is 2. The van der Waals surface area contributed by atoms with Gasteiger partial charge in [0, 0.05) is 25.2 Å². The molecule has 0 amide bonds. The predicted octanol–water partition coefficient (Wildman–Crippen LogP) is 2.55. The van der Waals surface area contributed by atoms with E-state index in [1.165, 1.54) is 30.9 Å². The van der Waals surface area contributed by atoms with Crippen molar-refractivity contribution in [2.45, 2.75) is 10.8 Å². The van der Waals surface area contributed by atoms with Gasteiger partial charge in [-0.05, 0) is 24.0 Å². The summed E-state index contributed by atoms with van der Waals surface area (Å²) in [6, 6.07) is 3.89. The second-order valence-electron chi connectivity index (χ2n) is 3.72. The molecule has 0 aliphatic carbocycles. The topological polar surface area (TPSA) is 37.4 Å². The van der Waals surface area contributed by atoms with E-state index in [4.69, 9.17) is 11.6 Å². The standard InChI is InChI=1S/C11H15ClFNO2S2/c1-14(5-6-17-2)18(15,16)11-7-9(8-12)3-4-10(11)13/h3-4,7H,5-6,8H2,1-2H3. The Morgan fingerprint density at radius 3 is 2.67 bits per heavy atom. The molecule has 102 valence electrons. The Bertz CT molecular complexity index is 508. The summed E-state index contributed by atoms with van der Waals surface area (Å²) < 4.78 is 39.1. The quantitative estimate of drug-likeness (QED) is 0.758. The summed E-state index contributed by atoms with van der Waals surface area (Å²) in [6.07, 6.45) is 1.88. The van der Waals surface area contributed by atoms with Crippen LogP contribution in [0.25, 0.3) is 0 Å². The summed E-state index contributed by atoms with van der Waals surface area (Å²) in [7, 11) is -2.35. The minimum Gasteiger partial charge on any atom is -0.207 e. The highest BCUT2D eigenvalue weighted by Crippen LogP contribution is 2.21. The van der Waals surface area contributed by atoms with Crippen molar-refractivity contribution in [2.24, 2.45) is 0 Å². The van der Waals surface area contributed by atoms with Crippen LogP contribution < -0.4 is 0 Å². The second-order valence-corrected chi connectivity index (χ2v) is 6.98. The maximum atomic E-state index is 13.6. The zero-order valence-corrected chi connectivity index (χ0v) is 12.6. The molecule has 0 spiro atoms. The van der Waals surface area contributed by atoms with Crippen molar-refractivity contribution in [3.8, 4) is 0 Å². The lowest BCUT2D eigenvalue weighted by Gasteiger charge is -2.17. The van der Waals surface area contributed by atoms with E-state index in [9.17, 15) is 12.8 Å². The van der Waals surface area contributed by atoms with Crippen LogP contribution in [0.1, 0.15) is 5.56 Å². The largest absolute Gasteiger partial charge is 0.245 e. The van der Waals surface area contributed by atoms with Gasteiger partial charge in [0.1, 0.15) is 10.7 Å². The van der Waals surface area contributed by atoms with Gasteiger partial charge in [-0.15, -0.1) is 11.6 Å². The second kappa shape index (κ2) is 6.75. The SMILES string of the molecule is CSCCN(C)S(=O)(=O)c1cc(CCl)ccc1F. The van der Waals surface area contributed by atoms with Crippen molar-refractivity contribution in [3.05, 3.63) is 29.6 Å². The predicted molar refractivity (Wildman–Crippen MR) is 74.2 cm³/mol. The fourth-order valence-electron chi connectivity index (χ4n) is 1.34. The van der Waals surface area contributed by atoms with Crippen LogP contribution in [-0.4, -0.2) is 38.3 Å². The van der Waals surface area contributed by atoms with Crippen molar-refractivity contribution in [2.75, 3.05) is 25.6 Å². The molecular formula is C11H15ClFNO2S2. The average molecular weight is 312 g/mol. The third kappa shape index (κ3) is 3.60. The van der Waals surface area contributed by atoms with E-state index < -0.39 is 15.8 Å². The average Bonchev–Trinajstić information content (AvgIpc) is 2.36. The highest BCUT2D eigenvalue weighted by molar-refractivity contribution is 7.98. The van der Waals surface area contributed by atoms with Gasteiger partial charge in [0.15, 0.2) is 0 Å². The van der Waals surface area contributed by atoms with E-state index in [1.807, 2.05) is 6.26 Å². The van der Waals surface area contributed by atoms with E-state index in [2.05, 4.69) is 0 Å². The Morgan fingerprint density at radius 1 is 1.44 bits per heavy atom. The van der Waals surface area contributed by atoms with Gasteiger partial charge in [0.25, 0.3) is 0 Å². The summed E-state index contributed by atoms with van der Waals surface area (Å²) in [4.78, 5) is -0.316. The molecule has 0 unspecified atom stereocenters. The smallest absolute Gasteiger partial charge is 0.207 e. The summed E-state index contributed by atoms with van der Waals surface area (Å²) in [5.74, 6) is 0.0593. The van der Waals surface area contributed by atoms with Crippen LogP contribution >= 0.6 is 23.4 Å². The van der Waals surface area contributed by atoms with E-state index in [-0.39, 0.29) is 10.8 Å². The Balaban J connectivity index is 3.11. The van der Waals surface area contributed by atoms with Gasteiger partial charge >= 0.3 is 0 Å². The highest BCUT2D eigenvalue weighted by Gasteiger charge is 2.24. The molecule has 0 aliphatic heterocycles. The van der Waals surface area contributed by atoms with Crippen LogP contribution in [0.2, 0.25) is 0 Å². The fourth-order valence-corrected chi connectivity index (χ4v) is 3.36. The van der Waals surface area contributed by atoms with E-state index in [0.29, 0.717) is 17.9 Å². The van der Waals surface area contributed by atoms with Crippen molar-refractivity contribution in [1.82, 2.24) is 4.31 Å². The van der Waals surface area contributed by atoms with Gasteiger partial charge in [0.2, 0.25) is 10.0 Å². The molecule has 0 bridgehead atoms. The first-order chi connectivity index (χ1) is 8.43. The summed E-state index contributed by atoms with van der Waals surface area (Å²) in [5, 5.41) is 0. The van der Waals surface area contributed by atoms with Crippen LogP contribution in [0.3, 0.4) is 0 Å². The Kier molecular flexibility index (Phi) is 5.91. The van der Waals surface area contributed by atoms with E-state index >= 15 is 0 Å². The summed E-state index contributed by atoms with van der Waals surface area (Å²) in [6.45, 7) is 0.341. The first kappa shape index (κ1) is 15.8. The lowest BCUT2D eigenvalue weighted by molar-refractivity contribution is 0.479. The molecule has 0 saturated heterocycles. The number of nitrogens with zero attached hydrogens (tertiary/aromatic N) is 1. The van der Waals surface area contributed by atoms with Gasteiger partial charge in [-0.3, -0.25) is 0 Å².